The zero-order chi connectivity index (χ0) is 13.9. The predicted molar refractivity (Wildman–Crippen MR) is 65.2 cm³/mol. The van der Waals surface area contributed by atoms with Gasteiger partial charge in [-0.05, 0) is 24.0 Å². The molecule has 0 amide bonds. The van der Waals surface area contributed by atoms with E-state index >= 15 is 0 Å². The van der Waals surface area contributed by atoms with Gasteiger partial charge in [-0.1, -0.05) is 24.3 Å². The molecule has 0 aromatic heterocycles. The zero-order valence-corrected chi connectivity index (χ0v) is 10.4. The van der Waals surface area contributed by atoms with Crippen molar-refractivity contribution in [2.24, 2.45) is 5.84 Å². The Bertz CT molecular complexity index is 423. The summed E-state index contributed by atoms with van der Waals surface area (Å²) in [5.74, 6) is 5.21. The molecule has 2 unspecified atom stereocenters. The van der Waals surface area contributed by atoms with Crippen LogP contribution >= 0.6 is 0 Å². The first kappa shape index (κ1) is 14.3. The molecule has 1 heterocycles. The lowest BCUT2D eigenvalue weighted by Gasteiger charge is -2.29. The van der Waals surface area contributed by atoms with Crippen molar-refractivity contribution in [3.8, 4) is 0 Å². The first-order valence-corrected chi connectivity index (χ1v) is 6.22. The molecule has 0 saturated carbocycles. The van der Waals surface area contributed by atoms with Gasteiger partial charge in [-0.2, -0.15) is 13.2 Å². The Hall–Kier alpha value is -1.11. The third kappa shape index (κ3) is 3.92. The van der Waals surface area contributed by atoms with E-state index in [9.17, 15) is 13.2 Å². The number of hydrazine groups is 1. The number of rotatable bonds is 4. The van der Waals surface area contributed by atoms with E-state index in [0.717, 1.165) is 17.5 Å². The van der Waals surface area contributed by atoms with Crippen LogP contribution in [0.4, 0.5) is 13.2 Å². The second-order valence-electron chi connectivity index (χ2n) is 4.73. The Labute approximate surface area is 109 Å². The number of halogens is 3. The number of nitrogens with one attached hydrogen (secondary N) is 1. The maximum atomic E-state index is 12.4. The lowest BCUT2D eigenvalue weighted by Crippen LogP contribution is -2.40. The topological polar surface area (TPSA) is 47.3 Å². The predicted octanol–water partition coefficient (Wildman–Crippen LogP) is 2.47. The van der Waals surface area contributed by atoms with Crippen LogP contribution in [0.1, 0.15) is 30.1 Å². The summed E-state index contributed by atoms with van der Waals surface area (Å²) in [5.41, 5.74) is 4.35. The van der Waals surface area contributed by atoms with Gasteiger partial charge in [0.15, 0.2) is 0 Å². The molecule has 1 aromatic rings. The number of alkyl halides is 3. The van der Waals surface area contributed by atoms with Gasteiger partial charge in [-0.3, -0.25) is 11.3 Å². The summed E-state index contributed by atoms with van der Waals surface area (Å²) in [5, 5.41) is 0. The summed E-state index contributed by atoms with van der Waals surface area (Å²) in [6.07, 6.45) is -4.50. The highest BCUT2D eigenvalue weighted by Gasteiger charge is 2.33. The van der Waals surface area contributed by atoms with Gasteiger partial charge >= 0.3 is 6.18 Å². The summed E-state index contributed by atoms with van der Waals surface area (Å²) in [6.45, 7) is 0.533. The molecule has 0 aliphatic carbocycles. The molecule has 2 atom stereocenters. The average molecular weight is 274 g/mol. The van der Waals surface area contributed by atoms with Crippen LogP contribution in [0.15, 0.2) is 24.3 Å². The molecule has 3 nitrogen and oxygen atoms in total. The Morgan fingerprint density at radius 2 is 2.11 bits per heavy atom. The van der Waals surface area contributed by atoms with Crippen molar-refractivity contribution >= 4 is 0 Å². The Balaban J connectivity index is 2.07. The largest absolute Gasteiger partial charge is 0.390 e. The van der Waals surface area contributed by atoms with Crippen LogP contribution in [0, 0.1) is 0 Å². The van der Waals surface area contributed by atoms with Gasteiger partial charge in [0.1, 0.15) is 0 Å². The molecule has 19 heavy (non-hydrogen) atoms. The van der Waals surface area contributed by atoms with Crippen molar-refractivity contribution in [1.29, 1.82) is 0 Å². The Kier molecular flexibility index (Phi) is 4.44. The SMILES string of the molecule is NNC(CC1OCCc2ccccc21)CC(F)(F)F. The van der Waals surface area contributed by atoms with Crippen LogP contribution < -0.4 is 11.3 Å². The average Bonchev–Trinajstić information content (AvgIpc) is 2.37. The monoisotopic (exact) mass is 274 g/mol. The lowest BCUT2D eigenvalue weighted by atomic mass is 9.93. The van der Waals surface area contributed by atoms with E-state index in [2.05, 4.69) is 5.43 Å². The first-order chi connectivity index (χ1) is 8.99. The molecule has 1 aliphatic rings. The van der Waals surface area contributed by atoms with E-state index < -0.39 is 18.6 Å². The fourth-order valence-electron chi connectivity index (χ4n) is 2.42. The van der Waals surface area contributed by atoms with E-state index in [4.69, 9.17) is 10.6 Å². The molecule has 106 valence electrons. The Morgan fingerprint density at radius 1 is 1.37 bits per heavy atom. The van der Waals surface area contributed by atoms with Crippen molar-refractivity contribution < 1.29 is 17.9 Å². The third-order valence-corrected chi connectivity index (χ3v) is 3.30. The fraction of sp³-hybridized carbons (Fsp3) is 0.538. The van der Waals surface area contributed by atoms with E-state index in [1.54, 1.807) is 0 Å². The molecule has 2 rings (SSSR count). The van der Waals surface area contributed by atoms with Crippen LogP contribution in [0.5, 0.6) is 0 Å². The maximum Gasteiger partial charge on any atom is 0.390 e. The van der Waals surface area contributed by atoms with Gasteiger partial charge in [0, 0.05) is 6.04 Å². The van der Waals surface area contributed by atoms with E-state index in [1.807, 2.05) is 24.3 Å². The summed E-state index contributed by atoms with van der Waals surface area (Å²) >= 11 is 0. The number of hydrogen-bond acceptors (Lipinski definition) is 3. The van der Waals surface area contributed by atoms with Crippen molar-refractivity contribution in [2.45, 2.75) is 37.6 Å². The molecule has 0 saturated heterocycles. The van der Waals surface area contributed by atoms with E-state index in [1.165, 1.54) is 0 Å². The molecule has 1 aliphatic heterocycles. The first-order valence-electron chi connectivity index (χ1n) is 6.22. The van der Waals surface area contributed by atoms with E-state index in [0.29, 0.717) is 6.61 Å². The summed E-state index contributed by atoms with van der Waals surface area (Å²) in [6, 6.07) is 6.85. The van der Waals surface area contributed by atoms with Crippen LogP contribution in [-0.2, 0) is 11.2 Å². The zero-order valence-electron chi connectivity index (χ0n) is 10.4. The van der Waals surface area contributed by atoms with Crippen molar-refractivity contribution in [2.75, 3.05) is 6.61 Å². The molecule has 3 N–H and O–H groups in total. The summed E-state index contributed by atoms with van der Waals surface area (Å²) in [4.78, 5) is 0. The van der Waals surface area contributed by atoms with Gasteiger partial charge in [-0.15, -0.1) is 0 Å². The lowest BCUT2D eigenvalue weighted by molar-refractivity contribution is -0.142. The number of benzene rings is 1. The fourth-order valence-corrected chi connectivity index (χ4v) is 2.42. The number of fused-ring (bicyclic) bond motifs is 1. The van der Waals surface area contributed by atoms with Gasteiger partial charge in [0.05, 0.1) is 19.1 Å². The van der Waals surface area contributed by atoms with Gasteiger partial charge in [0.2, 0.25) is 0 Å². The quantitative estimate of drug-likeness (QED) is 0.655. The number of nitrogens with two attached hydrogens (primary N) is 1. The Morgan fingerprint density at radius 3 is 2.79 bits per heavy atom. The minimum absolute atomic E-state index is 0.215. The minimum atomic E-state index is -4.23. The van der Waals surface area contributed by atoms with Crippen LogP contribution in [0.2, 0.25) is 0 Å². The van der Waals surface area contributed by atoms with Gasteiger partial charge < -0.3 is 4.74 Å². The second kappa shape index (κ2) is 5.90. The van der Waals surface area contributed by atoms with Crippen molar-refractivity contribution in [1.82, 2.24) is 5.43 Å². The normalized spacial score (nSPS) is 20.9. The highest BCUT2D eigenvalue weighted by molar-refractivity contribution is 5.31. The molecule has 0 bridgehead atoms. The molecule has 0 fully saturated rings. The van der Waals surface area contributed by atoms with Gasteiger partial charge in [-0.25, -0.2) is 0 Å². The van der Waals surface area contributed by atoms with Crippen molar-refractivity contribution in [3.63, 3.8) is 0 Å². The minimum Gasteiger partial charge on any atom is -0.373 e. The third-order valence-electron chi connectivity index (χ3n) is 3.30. The van der Waals surface area contributed by atoms with Crippen LogP contribution in [0.3, 0.4) is 0 Å². The number of hydrogen-bond donors (Lipinski definition) is 2. The van der Waals surface area contributed by atoms with Crippen LogP contribution in [-0.4, -0.2) is 18.8 Å². The van der Waals surface area contributed by atoms with E-state index in [-0.39, 0.29) is 12.5 Å². The maximum absolute atomic E-state index is 12.4. The smallest absolute Gasteiger partial charge is 0.373 e. The molecule has 1 aromatic carbocycles. The molecular weight excluding hydrogens is 257 g/mol. The molecule has 6 heteroatoms. The molecule has 0 radical (unpaired) electrons. The number of ether oxygens (including phenoxy) is 1. The highest BCUT2D eigenvalue weighted by atomic mass is 19.4. The van der Waals surface area contributed by atoms with Crippen molar-refractivity contribution in [3.05, 3.63) is 35.4 Å². The summed E-state index contributed by atoms with van der Waals surface area (Å²) < 4.78 is 42.8. The second-order valence-corrected chi connectivity index (χ2v) is 4.73. The highest BCUT2D eigenvalue weighted by Crippen LogP contribution is 2.32. The molecular formula is C13H17F3N2O. The standard InChI is InChI=1S/C13H17F3N2O/c14-13(15,16)8-10(18-17)7-12-11-4-2-1-3-9(11)5-6-19-12/h1-4,10,12,18H,5-8,17H2. The summed E-state index contributed by atoms with van der Waals surface area (Å²) in [7, 11) is 0. The molecule has 0 spiro atoms. The van der Waals surface area contributed by atoms with Gasteiger partial charge in [0.25, 0.3) is 0 Å². The van der Waals surface area contributed by atoms with Crippen LogP contribution in [0.25, 0.3) is 0 Å².